The predicted molar refractivity (Wildman–Crippen MR) is 149 cm³/mol. The molecule has 2 aromatic heterocycles. The van der Waals surface area contributed by atoms with Crippen LogP contribution in [0.25, 0.3) is 10.9 Å². The highest BCUT2D eigenvalue weighted by atomic mass is 16.3. The Labute approximate surface area is 223 Å². The van der Waals surface area contributed by atoms with Gasteiger partial charge in [-0.05, 0) is 45.7 Å². The number of anilines is 1. The number of carbonyl (C=O) groups is 1. The van der Waals surface area contributed by atoms with Crippen molar-refractivity contribution in [3.8, 4) is 11.6 Å². The van der Waals surface area contributed by atoms with Crippen LogP contribution in [0, 0.1) is 0 Å². The maximum Gasteiger partial charge on any atom is 0.329 e. The highest BCUT2D eigenvalue weighted by Crippen LogP contribution is 2.42. The van der Waals surface area contributed by atoms with Gasteiger partial charge in [-0.1, -0.05) is 59.7 Å². The van der Waals surface area contributed by atoms with E-state index >= 15 is 0 Å². The number of pyridine rings is 1. The number of amides is 1. The Hall–Kier alpha value is -4.20. The Bertz CT molecular complexity index is 1490. The molecule has 0 saturated heterocycles. The third-order valence-corrected chi connectivity index (χ3v) is 6.54. The summed E-state index contributed by atoms with van der Waals surface area (Å²) in [5, 5.41) is 31.1. The number of aromatic nitrogens is 2. The molecule has 1 amide bonds. The molecule has 4 rings (SSSR count). The number of carbonyl (C=O) groups excluding carboxylic acids is 1. The number of azo groups is 1. The quantitative estimate of drug-likeness (QED) is 0.228. The summed E-state index contributed by atoms with van der Waals surface area (Å²) in [7, 11) is 0. The van der Waals surface area contributed by atoms with Crippen molar-refractivity contribution >= 4 is 28.2 Å². The number of para-hydroxylation sites is 1. The van der Waals surface area contributed by atoms with E-state index in [0.717, 1.165) is 22.2 Å². The summed E-state index contributed by atoms with van der Waals surface area (Å²) >= 11 is 0. The molecule has 0 aliphatic carbocycles. The minimum Gasteiger partial charge on any atom is -0.507 e. The van der Waals surface area contributed by atoms with Crippen LogP contribution in [0.15, 0.2) is 71.2 Å². The lowest BCUT2D eigenvalue weighted by Gasteiger charge is -2.28. The van der Waals surface area contributed by atoms with E-state index in [1.54, 1.807) is 33.7 Å². The van der Waals surface area contributed by atoms with Gasteiger partial charge >= 0.3 is 5.91 Å². The lowest BCUT2D eigenvalue weighted by atomic mass is 9.78. The lowest BCUT2D eigenvalue weighted by molar-refractivity contribution is -0.684. The Kier molecular flexibility index (Phi) is 7.02. The normalized spacial score (nSPS) is 12.5. The van der Waals surface area contributed by atoms with E-state index < -0.39 is 5.91 Å². The topological polar surface area (TPSA) is 117 Å². The van der Waals surface area contributed by atoms with Crippen LogP contribution in [-0.2, 0) is 28.7 Å². The van der Waals surface area contributed by atoms with E-state index in [2.05, 4.69) is 51.8 Å². The smallest absolute Gasteiger partial charge is 0.329 e. The largest absolute Gasteiger partial charge is 0.507 e. The molecule has 8 heteroatoms. The third kappa shape index (κ3) is 5.54. The fourth-order valence-electron chi connectivity index (χ4n) is 4.51. The Morgan fingerprint density at radius 2 is 1.53 bits per heavy atom. The van der Waals surface area contributed by atoms with Crippen molar-refractivity contribution in [2.45, 2.75) is 65.5 Å². The average molecular weight is 515 g/mol. The monoisotopic (exact) mass is 514 g/mol. The number of benzene rings is 2. The molecule has 0 aliphatic rings. The zero-order valence-corrected chi connectivity index (χ0v) is 22.9. The highest BCUT2D eigenvalue weighted by Gasteiger charge is 2.27. The first-order valence-electron chi connectivity index (χ1n) is 12.6. The van der Waals surface area contributed by atoms with Crippen LogP contribution >= 0.6 is 0 Å². The average Bonchev–Trinajstić information content (AvgIpc) is 3.09. The number of phenolic OH excluding ortho intramolecular Hbond substituents is 1. The number of nitrogens with zero attached hydrogens (tertiary/aromatic N) is 4. The van der Waals surface area contributed by atoms with Crippen molar-refractivity contribution in [1.82, 2.24) is 4.57 Å². The summed E-state index contributed by atoms with van der Waals surface area (Å²) in [4.78, 5) is 12.5. The number of rotatable bonds is 5. The van der Waals surface area contributed by atoms with Crippen LogP contribution in [0.2, 0.25) is 0 Å². The van der Waals surface area contributed by atoms with E-state index in [1.807, 2.05) is 36.4 Å². The molecule has 0 fully saturated rings. The summed E-state index contributed by atoms with van der Waals surface area (Å²) in [5.41, 5.74) is 9.39. The second kappa shape index (κ2) is 9.93. The highest BCUT2D eigenvalue weighted by molar-refractivity contribution is 5.95. The van der Waals surface area contributed by atoms with Crippen LogP contribution in [0.4, 0.5) is 11.4 Å². The van der Waals surface area contributed by atoms with Crippen molar-refractivity contribution in [2.24, 2.45) is 10.2 Å². The van der Waals surface area contributed by atoms with Crippen molar-refractivity contribution in [2.75, 3.05) is 5.73 Å². The number of hydrogen-bond acceptors (Lipinski definition) is 5. The first-order valence-corrected chi connectivity index (χ1v) is 12.6. The van der Waals surface area contributed by atoms with Crippen molar-refractivity contribution in [1.29, 1.82) is 0 Å². The molecular formula is C30H36N5O3+. The van der Waals surface area contributed by atoms with Crippen LogP contribution in [0.3, 0.4) is 0 Å². The summed E-state index contributed by atoms with van der Waals surface area (Å²) in [5.74, 6) is -0.230. The number of phenols is 1. The predicted octanol–water partition coefficient (Wildman–Crippen LogP) is 5.88. The number of fused-ring (bicyclic) bond motifs is 1. The van der Waals surface area contributed by atoms with Crippen molar-refractivity contribution in [3.63, 3.8) is 0 Å². The second-order valence-corrected chi connectivity index (χ2v) is 11.7. The number of aromatic hydroxyl groups is 2. The SMILES string of the molecule is CC(C)(C)c1cc(Cn2c(O)c(N=NC(=O)C[n+]3ccc(N)cc3)c3ccccc32)cc(C(C)(C)C)c1O. The molecule has 0 unspecified atom stereocenters. The Balaban J connectivity index is 1.73. The third-order valence-electron chi connectivity index (χ3n) is 6.54. The van der Waals surface area contributed by atoms with Gasteiger partial charge in [0.1, 0.15) is 5.75 Å². The standard InChI is InChI=1S/C30H35N5O3/c1-29(2,3)22-15-19(16-23(27(22)37)30(4,5)6)17-35-24-10-8-7-9-21(24)26(28(35)38)33-32-25(36)18-34-13-11-20(31)12-14-34/h7-16,31H,17-18H2,1-6H3,(H2,32,36,37,38)/p+1. The maximum absolute atomic E-state index is 12.5. The molecule has 8 nitrogen and oxygen atoms in total. The van der Waals surface area contributed by atoms with Gasteiger partial charge in [0, 0.05) is 23.2 Å². The summed E-state index contributed by atoms with van der Waals surface area (Å²) in [6.45, 7) is 12.8. The van der Waals surface area contributed by atoms with E-state index in [0.29, 0.717) is 23.4 Å². The zero-order valence-electron chi connectivity index (χ0n) is 22.9. The minimum absolute atomic E-state index is 0.00184. The van der Waals surface area contributed by atoms with E-state index in [1.165, 1.54) is 0 Å². The molecule has 0 atom stereocenters. The fourth-order valence-corrected chi connectivity index (χ4v) is 4.51. The van der Waals surface area contributed by atoms with E-state index in [-0.39, 0.29) is 28.9 Å². The van der Waals surface area contributed by atoms with Gasteiger partial charge in [0.25, 0.3) is 0 Å². The molecule has 0 radical (unpaired) electrons. The van der Waals surface area contributed by atoms with E-state index in [9.17, 15) is 15.0 Å². The molecule has 4 aromatic rings. The van der Waals surface area contributed by atoms with Gasteiger partial charge in [0.05, 0.1) is 12.1 Å². The molecule has 0 bridgehead atoms. The molecule has 4 N–H and O–H groups in total. The summed E-state index contributed by atoms with van der Waals surface area (Å²) in [6, 6.07) is 14.9. The van der Waals surface area contributed by atoms with Gasteiger partial charge in [-0.25, -0.2) is 0 Å². The van der Waals surface area contributed by atoms with Gasteiger partial charge < -0.3 is 20.5 Å². The van der Waals surface area contributed by atoms with Gasteiger partial charge in [0.2, 0.25) is 12.4 Å². The lowest BCUT2D eigenvalue weighted by Crippen LogP contribution is -2.36. The van der Waals surface area contributed by atoms with Crippen LogP contribution in [0.5, 0.6) is 11.6 Å². The van der Waals surface area contributed by atoms with Gasteiger partial charge in [-0.3, -0.25) is 4.79 Å². The number of hydrogen-bond donors (Lipinski definition) is 3. The first-order chi connectivity index (χ1) is 17.8. The first kappa shape index (κ1) is 26.9. The molecule has 38 heavy (non-hydrogen) atoms. The van der Waals surface area contributed by atoms with Crippen LogP contribution in [0.1, 0.15) is 58.2 Å². The molecule has 0 saturated carbocycles. The fraction of sp³-hybridized carbons (Fsp3) is 0.333. The van der Waals surface area contributed by atoms with Gasteiger partial charge in [-0.2, -0.15) is 4.57 Å². The minimum atomic E-state index is -0.459. The van der Waals surface area contributed by atoms with Crippen LogP contribution < -0.4 is 10.3 Å². The van der Waals surface area contributed by atoms with Crippen molar-refractivity contribution < 1.29 is 19.6 Å². The van der Waals surface area contributed by atoms with Crippen LogP contribution in [-0.4, -0.2) is 20.7 Å². The summed E-state index contributed by atoms with van der Waals surface area (Å²) in [6.07, 6.45) is 3.39. The molecule has 2 aromatic carbocycles. The maximum atomic E-state index is 12.5. The van der Waals surface area contributed by atoms with E-state index in [4.69, 9.17) is 5.73 Å². The molecule has 0 spiro atoms. The van der Waals surface area contributed by atoms with Gasteiger partial charge in [0.15, 0.2) is 18.1 Å². The Morgan fingerprint density at radius 1 is 0.947 bits per heavy atom. The Morgan fingerprint density at radius 3 is 2.11 bits per heavy atom. The molecule has 2 heterocycles. The zero-order chi connectivity index (χ0) is 27.8. The molecular weight excluding hydrogens is 478 g/mol. The molecule has 198 valence electrons. The number of nitrogens with two attached hydrogens (primary N) is 1. The second-order valence-electron chi connectivity index (χ2n) is 11.7. The van der Waals surface area contributed by atoms with Gasteiger partial charge in [-0.15, -0.1) is 10.2 Å². The van der Waals surface area contributed by atoms with Crippen molar-refractivity contribution in [3.05, 3.63) is 77.6 Å². The number of nitrogen functional groups attached to an aromatic ring is 1. The molecule has 0 aliphatic heterocycles. The summed E-state index contributed by atoms with van der Waals surface area (Å²) < 4.78 is 3.42.